The molecule has 8 heteroatoms. The van der Waals surface area contributed by atoms with Crippen LogP contribution in [0.1, 0.15) is 19.3 Å². The van der Waals surface area contributed by atoms with E-state index in [0.29, 0.717) is 24.3 Å². The first-order chi connectivity index (χ1) is 11.3. The van der Waals surface area contributed by atoms with Gasteiger partial charge in [0, 0.05) is 19.6 Å². The zero-order chi connectivity index (χ0) is 17.5. The maximum absolute atomic E-state index is 12.9. The normalized spacial score (nSPS) is 34.8. The molecule has 2 amide bonds. The second kappa shape index (κ2) is 6.29. The van der Waals surface area contributed by atoms with Gasteiger partial charge in [-0.05, 0) is 37.0 Å². The lowest BCUT2D eigenvalue weighted by Gasteiger charge is -2.21. The molecule has 1 heterocycles. The molecule has 1 unspecified atom stereocenters. The highest BCUT2D eigenvalue weighted by Crippen LogP contribution is 2.44. The summed E-state index contributed by atoms with van der Waals surface area (Å²) in [6, 6.07) is -0.605. The summed E-state index contributed by atoms with van der Waals surface area (Å²) in [5.74, 6) is -3.39. The molecule has 3 aliphatic rings. The van der Waals surface area contributed by atoms with Gasteiger partial charge in [0.05, 0.1) is 11.8 Å². The quantitative estimate of drug-likeness (QED) is 0.769. The molecule has 0 aromatic heterocycles. The van der Waals surface area contributed by atoms with E-state index in [1.807, 2.05) is 0 Å². The first-order valence-corrected chi connectivity index (χ1v) is 8.26. The molecule has 1 saturated carbocycles. The van der Waals surface area contributed by atoms with Gasteiger partial charge in [-0.1, -0.05) is 12.2 Å². The number of nitrogens with zero attached hydrogens (tertiary/aromatic N) is 1. The predicted octanol–water partition coefficient (Wildman–Crippen LogP) is 2.49. The number of fused-ring (bicyclic) bond motifs is 2. The molecule has 24 heavy (non-hydrogen) atoms. The van der Waals surface area contributed by atoms with E-state index in [1.165, 1.54) is 0 Å². The second-order valence-electron chi connectivity index (χ2n) is 7.06. The minimum atomic E-state index is -4.62. The number of hydrogen-bond donors (Lipinski definition) is 2. The van der Waals surface area contributed by atoms with Crippen LogP contribution in [-0.2, 0) is 4.79 Å². The number of carbonyl (C=O) groups excluding carboxylic acids is 1. The van der Waals surface area contributed by atoms with Crippen molar-refractivity contribution in [2.24, 2.45) is 29.6 Å². The van der Waals surface area contributed by atoms with Gasteiger partial charge >= 0.3 is 18.2 Å². The summed E-state index contributed by atoms with van der Waals surface area (Å²) >= 11 is 0. The average Bonchev–Trinajstić information content (AvgIpc) is 3.20. The molecule has 2 bridgehead atoms. The highest BCUT2D eigenvalue weighted by molar-refractivity contribution is 5.77. The lowest BCUT2D eigenvalue weighted by molar-refractivity contribution is -0.187. The van der Waals surface area contributed by atoms with Crippen molar-refractivity contribution in [3.05, 3.63) is 12.2 Å². The molecule has 134 valence electrons. The van der Waals surface area contributed by atoms with Crippen molar-refractivity contribution in [3.8, 4) is 0 Å². The number of aliphatic carboxylic acids is 1. The first-order valence-electron chi connectivity index (χ1n) is 8.26. The maximum Gasteiger partial charge on any atom is 0.394 e. The molecule has 0 radical (unpaired) electrons. The molecular formula is C16H21F3N2O3. The minimum Gasteiger partial charge on any atom is -0.481 e. The fourth-order valence-electron chi connectivity index (χ4n) is 4.25. The van der Waals surface area contributed by atoms with Crippen LogP contribution in [0.4, 0.5) is 18.0 Å². The van der Waals surface area contributed by atoms with Crippen molar-refractivity contribution in [2.75, 3.05) is 19.6 Å². The van der Waals surface area contributed by atoms with E-state index in [-0.39, 0.29) is 0 Å². The molecule has 2 aliphatic carbocycles. The fraction of sp³-hybridized carbons (Fsp3) is 0.750. The van der Waals surface area contributed by atoms with Crippen LogP contribution in [-0.4, -0.2) is 47.8 Å². The molecule has 0 aromatic rings. The van der Waals surface area contributed by atoms with Crippen molar-refractivity contribution in [2.45, 2.75) is 25.4 Å². The van der Waals surface area contributed by atoms with Crippen LogP contribution in [0.15, 0.2) is 12.2 Å². The van der Waals surface area contributed by atoms with E-state index in [9.17, 15) is 22.8 Å². The predicted molar refractivity (Wildman–Crippen MR) is 79.1 cm³/mol. The topological polar surface area (TPSA) is 69.6 Å². The van der Waals surface area contributed by atoms with Crippen molar-refractivity contribution >= 4 is 12.0 Å². The van der Waals surface area contributed by atoms with Gasteiger partial charge < -0.3 is 15.3 Å². The number of allylic oxidation sites excluding steroid dienone is 2. The zero-order valence-electron chi connectivity index (χ0n) is 13.1. The Morgan fingerprint density at radius 2 is 1.96 bits per heavy atom. The van der Waals surface area contributed by atoms with Gasteiger partial charge in [-0.15, -0.1) is 0 Å². The molecule has 1 saturated heterocycles. The highest BCUT2D eigenvalue weighted by Gasteiger charge is 2.53. The van der Waals surface area contributed by atoms with Crippen molar-refractivity contribution in [1.82, 2.24) is 10.2 Å². The summed E-state index contributed by atoms with van der Waals surface area (Å²) in [7, 11) is 0. The van der Waals surface area contributed by atoms with Crippen LogP contribution in [0.5, 0.6) is 0 Å². The van der Waals surface area contributed by atoms with Crippen LogP contribution >= 0.6 is 0 Å². The number of amides is 2. The molecule has 2 fully saturated rings. The van der Waals surface area contributed by atoms with Crippen molar-refractivity contribution in [1.29, 1.82) is 0 Å². The molecule has 5 atom stereocenters. The third kappa shape index (κ3) is 3.37. The van der Waals surface area contributed by atoms with E-state index in [4.69, 9.17) is 5.11 Å². The molecule has 1 aliphatic heterocycles. The summed E-state index contributed by atoms with van der Waals surface area (Å²) in [6.07, 6.45) is 2.90. The number of alkyl halides is 3. The Morgan fingerprint density at radius 3 is 2.46 bits per heavy atom. The van der Waals surface area contributed by atoms with Crippen LogP contribution < -0.4 is 5.32 Å². The standard InChI is InChI=1S/C16H21F3N2O3/c17-16(18,19)13-8-21(7-12(13)14(22)23)15(24)20-4-3-11-6-9-1-2-10(11)5-9/h1-2,9-13H,3-8H2,(H,20,24)(H,22,23)/t9-,10+,11?,12-,13-/m1/s1. The molecular weight excluding hydrogens is 325 g/mol. The van der Waals surface area contributed by atoms with E-state index in [1.54, 1.807) is 0 Å². The molecule has 2 N–H and O–H groups in total. The average molecular weight is 346 g/mol. The number of hydrogen-bond acceptors (Lipinski definition) is 2. The third-order valence-electron chi connectivity index (χ3n) is 5.55. The monoisotopic (exact) mass is 346 g/mol. The largest absolute Gasteiger partial charge is 0.481 e. The number of nitrogens with one attached hydrogen (secondary N) is 1. The fourth-order valence-corrected chi connectivity index (χ4v) is 4.25. The van der Waals surface area contributed by atoms with Crippen LogP contribution in [0.3, 0.4) is 0 Å². The summed E-state index contributed by atoms with van der Waals surface area (Å²) < 4.78 is 38.8. The zero-order valence-corrected chi connectivity index (χ0v) is 13.1. The van der Waals surface area contributed by atoms with Gasteiger partial charge in [0.1, 0.15) is 0 Å². The Kier molecular flexibility index (Phi) is 4.48. The van der Waals surface area contributed by atoms with Crippen molar-refractivity contribution < 1.29 is 27.9 Å². The van der Waals surface area contributed by atoms with Gasteiger partial charge in [0.25, 0.3) is 0 Å². The smallest absolute Gasteiger partial charge is 0.394 e. The summed E-state index contributed by atoms with van der Waals surface area (Å²) in [4.78, 5) is 24.1. The van der Waals surface area contributed by atoms with E-state index >= 15 is 0 Å². The number of halogens is 3. The van der Waals surface area contributed by atoms with E-state index < -0.39 is 43.1 Å². The van der Waals surface area contributed by atoms with Crippen molar-refractivity contribution in [3.63, 3.8) is 0 Å². The summed E-state index contributed by atoms with van der Waals surface area (Å²) in [5, 5.41) is 11.6. The lowest BCUT2D eigenvalue weighted by atomic mass is 9.91. The Hall–Kier alpha value is -1.73. The van der Waals surface area contributed by atoms with E-state index in [2.05, 4.69) is 17.5 Å². The van der Waals surface area contributed by atoms with Gasteiger partial charge in [0.15, 0.2) is 0 Å². The number of carboxylic acids is 1. The number of carbonyl (C=O) groups is 2. The van der Waals surface area contributed by atoms with Gasteiger partial charge in [0.2, 0.25) is 0 Å². The Labute approximate surface area is 137 Å². The highest BCUT2D eigenvalue weighted by atomic mass is 19.4. The lowest BCUT2D eigenvalue weighted by Crippen LogP contribution is -2.40. The molecule has 3 rings (SSSR count). The maximum atomic E-state index is 12.9. The van der Waals surface area contributed by atoms with Crippen LogP contribution in [0, 0.1) is 29.6 Å². The Bertz CT molecular complexity index is 549. The second-order valence-corrected chi connectivity index (χ2v) is 7.06. The number of carboxylic acid groups (broad SMARTS) is 1. The minimum absolute atomic E-state index is 0.401. The summed E-state index contributed by atoms with van der Waals surface area (Å²) in [6.45, 7) is -0.586. The summed E-state index contributed by atoms with van der Waals surface area (Å²) in [5.41, 5.74) is 0. The van der Waals surface area contributed by atoms with Gasteiger partial charge in [-0.2, -0.15) is 13.2 Å². The first kappa shape index (κ1) is 17.1. The Morgan fingerprint density at radius 1 is 1.21 bits per heavy atom. The molecule has 0 aromatic carbocycles. The SMILES string of the molecule is O=C(O)[C@@H]1CN(C(=O)NCCC2C[C@@H]3C=C[C@H]2C3)C[C@H]1C(F)(F)F. The van der Waals surface area contributed by atoms with Gasteiger partial charge in [-0.3, -0.25) is 4.79 Å². The third-order valence-corrected chi connectivity index (χ3v) is 5.55. The number of urea groups is 1. The molecule has 0 spiro atoms. The van der Waals surface area contributed by atoms with Crippen LogP contribution in [0.25, 0.3) is 0 Å². The number of rotatable bonds is 4. The van der Waals surface area contributed by atoms with Gasteiger partial charge in [-0.25, -0.2) is 4.79 Å². The number of likely N-dealkylation sites (tertiary alicyclic amines) is 1. The Balaban J connectivity index is 1.48. The van der Waals surface area contributed by atoms with E-state index in [0.717, 1.165) is 24.2 Å². The molecule has 5 nitrogen and oxygen atoms in total. The van der Waals surface area contributed by atoms with Crippen LogP contribution in [0.2, 0.25) is 0 Å².